The highest BCUT2D eigenvalue weighted by atomic mass is 35.5. The summed E-state index contributed by atoms with van der Waals surface area (Å²) in [6.07, 6.45) is 0.997. The van der Waals surface area contributed by atoms with Crippen molar-refractivity contribution in [1.29, 1.82) is 0 Å². The van der Waals surface area contributed by atoms with E-state index in [0.717, 1.165) is 5.56 Å². The molecule has 0 unspecified atom stereocenters. The Kier molecular flexibility index (Phi) is 4.94. The maximum absolute atomic E-state index is 11.8. The van der Waals surface area contributed by atoms with Gasteiger partial charge in [0.1, 0.15) is 0 Å². The lowest BCUT2D eigenvalue weighted by atomic mass is 10.1. The normalized spacial score (nSPS) is 20.8. The standard InChI is InChI=1S/C13H15Cl2NO3S/c14-11-2-1-9(12(15)7-11)3-5-16-13(17)10-4-6-20(18,19)8-10/h1-2,7,10H,3-6,8H2,(H,16,17)/t10-/m1/s1. The fourth-order valence-corrected chi connectivity index (χ4v) is 4.44. The molecule has 0 aliphatic carbocycles. The van der Waals surface area contributed by atoms with Gasteiger partial charge in [0.15, 0.2) is 9.84 Å². The number of benzene rings is 1. The first-order valence-electron chi connectivity index (χ1n) is 6.29. The van der Waals surface area contributed by atoms with Crippen LogP contribution in [0.5, 0.6) is 0 Å². The third kappa shape index (κ3) is 4.11. The van der Waals surface area contributed by atoms with Gasteiger partial charge in [-0.3, -0.25) is 4.79 Å². The van der Waals surface area contributed by atoms with Crippen LogP contribution in [0.15, 0.2) is 18.2 Å². The Morgan fingerprint density at radius 1 is 1.35 bits per heavy atom. The van der Waals surface area contributed by atoms with Gasteiger partial charge in [0.25, 0.3) is 0 Å². The van der Waals surface area contributed by atoms with Crippen molar-refractivity contribution in [2.75, 3.05) is 18.1 Å². The summed E-state index contributed by atoms with van der Waals surface area (Å²) in [5.74, 6) is -0.550. The summed E-state index contributed by atoms with van der Waals surface area (Å²) in [5, 5.41) is 3.89. The van der Waals surface area contributed by atoms with Gasteiger partial charge in [-0.05, 0) is 30.5 Å². The summed E-state index contributed by atoms with van der Waals surface area (Å²) < 4.78 is 22.6. The highest BCUT2D eigenvalue weighted by Gasteiger charge is 2.32. The van der Waals surface area contributed by atoms with Gasteiger partial charge in [0, 0.05) is 16.6 Å². The van der Waals surface area contributed by atoms with Crippen molar-refractivity contribution in [1.82, 2.24) is 5.32 Å². The largest absolute Gasteiger partial charge is 0.356 e. The molecule has 1 amide bonds. The Labute approximate surface area is 128 Å². The zero-order chi connectivity index (χ0) is 14.8. The second kappa shape index (κ2) is 6.33. The predicted octanol–water partition coefficient (Wildman–Crippen LogP) is 2.09. The van der Waals surface area contributed by atoms with Crippen LogP contribution in [0.4, 0.5) is 0 Å². The Morgan fingerprint density at radius 3 is 2.70 bits per heavy atom. The molecule has 1 saturated heterocycles. The van der Waals surface area contributed by atoms with E-state index in [4.69, 9.17) is 23.2 Å². The SMILES string of the molecule is O=C(NCCc1ccc(Cl)cc1Cl)[C@@H]1CCS(=O)(=O)C1. The monoisotopic (exact) mass is 335 g/mol. The summed E-state index contributed by atoms with van der Waals surface area (Å²) in [6, 6.07) is 5.22. The number of hydrogen-bond acceptors (Lipinski definition) is 3. The highest BCUT2D eigenvalue weighted by Crippen LogP contribution is 2.21. The number of nitrogens with one attached hydrogen (secondary N) is 1. The number of hydrogen-bond donors (Lipinski definition) is 1. The molecule has 2 rings (SSSR count). The summed E-state index contributed by atoms with van der Waals surface area (Å²) in [7, 11) is -3.03. The first kappa shape index (κ1) is 15.6. The van der Waals surface area contributed by atoms with Crippen LogP contribution in [-0.2, 0) is 21.1 Å². The second-order valence-electron chi connectivity index (χ2n) is 4.88. The fraction of sp³-hybridized carbons (Fsp3) is 0.462. The molecule has 7 heteroatoms. The molecule has 0 saturated carbocycles. The maximum atomic E-state index is 11.8. The van der Waals surface area contributed by atoms with E-state index in [1.807, 2.05) is 6.07 Å². The number of carbonyl (C=O) groups is 1. The Bertz CT molecular complexity index is 616. The molecular weight excluding hydrogens is 321 g/mol. The molecule has 0 radical (unpaired) electrons. The minimum atomic E-state index is -3.03. The molecule has 1 aromatic rings. The summed E-state index contributed by atoms with van der Waals surface area (Å²) in [4.78, 5) is 11.8. The van der Waals surface area contributed by atoms with E-state index in [1.54, 1.807) is 12.1 Å². The van der Waals surface area contributed by atoms with E-state index in [0.29, 0.717) is 29.4 Å². The number of amides is 1. The maximum Gasteiger partial charge on any atom is 0.224 e. The zero-order valence-electron chi connectivity index (χ0n) is 10.7. The molecule has 1 aliphatic rings. The third-order valence-electron chi connectivity index (χ3n) is 3.31. The van der Waals surface area contributed by atoms with Crippen molar-refractivity contribution in [2.45, 2.75) is 12.8 Å². The second-order valence-corrected chi connectivity index (χ2v) is 7.95. The van der Waals surface area contributed by atoms with Crippen LogP contribution in [0.3, 0.4) is 0 Å². The average Bonchev–Trinajstić information content (AvgIpc) is 2.72. The summed E-state index contributed by atoms with van der Waals surface area (Å²) >= 11 is 11.8. The fourth-order valence-electron chi connectivity index (χ4n) is 2.19. The van der Waals surface area contributed by atoms with Gasteiger partial charge in [-0.2, -0.15) is 0 Å². The molecule has 1 aliphatic heterocycles. The molecular formula is C13H15Cl2NO3S. The highest BCUT2D eigenvalue weighted by molar-refractivity contribution is 7.91. The van der Waals surface area contributed by atoms with E-state index >= 15 is 0 Å². The number of halogens is 2. The molecule has 110 valence electrons. The van der Waals surface area contributed by atoms with Crippen LogP contribution < -0.4 is 5.32 Å². The lowest BCUT2D eigenvalue weighted by molar-refractivity contribution is -0.124. The minimum Gasteiger partial charge on any atom is -0.356 e. The Balaban J connectivity index is 1.83. The first-order valence-corrected chi connectivity index (χ1v) is 8.87. The van der Waals surface area contributed by atoms with E-state index in [1.165, 1.54) is 0 Å². The van der Waals surface area contributed by atoms with Crippen LogP contribution in [0.25, 0.3) is 0 Å². The predicted molar refractivity (Wildman–Crippen MR) is 79.9 cm³/mol. The molecule has 20 heavy (non-hydrogen) atoms. The lowest BCUT2D eigenvalue weighted by Gasteiger charge is -2.10. The number of rotatable bonds is 4. The van der Waals surface area contributed by atoms with Crippen molar-refractivity contribution in [2.24, 2.45) is 5.92 Å². The van der Waals surface area contributed by atoms with Gasteiger partial charge >= 0.3 is 0 Å². The molecule has 0 spiro atoms. The van der Waals surface area contributed by atoms with Crippen LogP contribution in [0.2, 0.25) is 10.0 Å². The van der Waals surface area contributed by atoms with Crippen molar-refractivity contribution in [3.63, 3.8) is 0 Å². The van der Waals surface area contributed by atoms with Crippen LogP contribution >= 0.6 is 23.2 Å². The zero-order valence-corrected chi connectivity index (χ0v) is 13.1. The third-order valence-corrected chi connectivity index (χ3v) is 5.67. The van der Waals surface area contributed by atoms with E-state index in [-0.39, 0.29) is 17.4 Å². The smallest absolute Gasteiger partial charge is 0.224 e. The van der Waals surface area contributed by atoms with Crippen molar-refractivity contribution < 1.29 is 13.2 Å². The summed E-state index contributed by atoms with van der Waals surface area (Å²) in [6.45, 7) is 0.427. The molecule has 1 fully saturated rings. The van der Waals surface area contributed by atoms with Gasteiger partial charge in [-0.1, -0.05) is 29.3 Å². The van der Waals surface area contributed by atoms with Crippen LogP contribution in [0.1, 0.15) is 12.0 Å². The quantitative estimate of drug-likeness (QED) is 0.916. The molecule has 0 aromatic heterocycles. The van der Waals surface area contributed by atoms with Crippen molar-refractivity contribution in [3.8, 4) is 0 Å². The van der Waals surface area contributed by atoms with Gasteiger partial charge in [0.05, 0.1) is 17.4 Å². The van der Waals surface area contributed by atoms with E-state index < -0.39 is 15.8 Å². The van der Waals surface area contributed by atoms with E-state index in [2.05, 4.69) is 5.32 Å². The van der Waals surface area contributed by atoms with Gasteiger partial charge in [-0.15, -0.1) is 0 Å². The molecule has 1 heterocycles. The molecule has 1 aromatic carbocycles. The van der Waals surface area contributed by atoms with Crippen molar-refractivity contribution in [3.05, 3.63) is 33.8 Å². The Morgan fingerprint density at radius 2 is 2.10 bits per heavy atom. The topological polar surface area (TPSA) is 63.2 Å². The first-order chi connectivity index (χ1) is 9.37. The van der Waals surface area contributed by atoms with Gasteiger partial charge < -0.3 is 5.32 Å². The lowest BCUT2D eigenvalue weighted by Crippen LogP contribution is -2.32. The number of sulfone groups is 1. The van der Waals surface area contributed by atoms with Crippen molar-refractivity contribution >= 4 is 38.9 Å². The molecule has 0 bridgehead atoms. The molecule has 1 N–H and O–H groups in total. The summed E-state index contributed by atoms with van der Waals surface area (Å²) in [5.41, 5.74) is 0.899. The molecule has 1 atom stereocenters. The van der Waals surface area contributed by atoms with E-state index in [9.17, 15) is 13.2 Å². The minimum absolute atomic E-state index is 0.0411. The number of carbonyl (C=O) groups excluding carboxylic acids is 1. The Hall–Kier alpha value is -0.780. The van der Waals surface area contributed by atoms with Crippen LogP contribution in [0, 0.1) is 5.92 Å². The van der Waals surface area contributed by atoms with Crippen LogP contribution in [-0.4, -0.2) is 32.4 Å². The molecule has 4 nitrogen and oxygen atoms in total. The average molecular weight is 336 g/mol. The van der Waals surface area contributed by atoms with Gasteiger partial charge in [0.2, 0.25) is 5.91 Å². The van der Waals surface area contributed by atoms with Gasteiger partial charge in [-0.25, -0.2) is 8.42 Å².